The first-order valence-corrected chi connectivity index (χ1v) is 8.40. The van der Waals surface area contributed by atoms with Gasteiger partial charge in [0.1, 0.15) is 0 Å². The fraction of sp³-hybridized carbons (Fsp3) is 0.263. The van der Waals surface area contributed by atoms with Gasteiger partial charge in [0.15, 0.2) is 0 Å². The molecule has 0 heterocycles. The summed E-state index contributed by atoms with van der Waals surface area (Å²) in [6.45, 7) is -0.0878. The molecule has 5 nitrogen and oxygen atoms in total. The van der Waals surface area contributed by atoms with Crippen LogP contribution >= 0.6 is 12.4 Å². The Balaban J connectivity index is 0.00000280. The van der Waals surface area contributed by atoms with Crippen LogP contribution in [-0.4, -0.2) is 11.8 Å². The van der Waals surface area contributed by atoms with Gasteiger partial charge < -0.3 is 16.4 Å². The predicted octanol–water partition coefficient (Wildman–Crippen LogP) is 4.19. The van der Waals surface area contributed by atoms with Crippen LogP contribution in [0.4, 0.5) is 24.5 Å². The van der Waals surface area contributed by atoms with Gasteiger partial charge in [-0.3, -0.25) is 9.59 Å². The quantitative estimate of drug-likeness (QED) is 0.687. The van der Waals surface area contributed by atoms with E-state index in [1.807, 2.05) is 0 Å². The third-order valence-electron chi connectivity index (χ3n) is 4.15. The summed E-state index contributed by atoms with van der Waals surface area (Å²) in [5.41, 5.74) is 5.50. The Labute approximate surface area is 165 Å². The van der Waals surface area contributed by atoms with Crippen molar-refractivity contribution in [3.63, 3.8) is 0 Å². The van der Waals surface area contributed by atoms with Gasteiger partial charge in [-0.1, -0.05) is 6.07 Å². The number of carbonyl (C=O) groups is 2. The van der Waals surface area contributed by atoms with Crippen molar-refractivity contribution in [2.24, 2.45) is 11.7 Å². The number of nitrogens with two attached hydrogens (primary N) is 1. The van der Waals surface area contributed by atoms with Crippen LogP contribution in [-0.2, 0) is 17.5 Å². The normalized spacial score (nSPS) is 13.4. The van der Waals surface area contributed by atoms with Crippen molar-refractivity contribution in [2.75, 3.05) is 10.6 Å². The van der Waals surface area contributed by atoms with Gasteiger partial charge in [-0.25, -0.2) is 0 Å². The highest BCUT2D eigenvalue weighted by Gasteiger charge is 2.31. The average molecular weight is 414 g/mol. The molecule has 0 spiro atoms. The van der Waals surface area contributed by atoms with Gasteiger partial charge in [0.2, 0.25) is 5.91 Å². The lowest BCUT2D eigenvalue weighted by Crippen LogP contribution is -2.16. The van der Waals surface area contributed by atoms with Crippen LogP contribution in [0, 0.1) is 5.92 Å². The van der Waals surface area contributed by atoms with Crippen LogP contribution < -0.4 is 16.4 Å². The topological polar surface area (TPSA) is 84.2 Å². The van der Waals surface area contributed by atoms with Crippen molar-refractivity contribution in [2.45, 2.75) is 25.6 Å². The largest absolute Gasteiger partial charge is 0.416 e. The maximum absolute atomic E-state index is 13.0. The minimum Gasteiger partial charge on any atom is -0.326 e. The summed E-state index contributed by atoms with van der Waals surface area (Å²) in [5.74, 6) is -0.667. The zero-order chi connectivity index (χ0) is 19.6. The number of nitrogens with one attached hydrogen (secondary N) is 2. The van der Waals surface area contributed by atoms with Crippen LogP contribution in [0.25, 0.3) is 0 Å². The van der Waals surface area contributed by atoms with E-state index in [0.29, 0.717) is 5.69 Å². The van der Waals surface area contributed by atoms with Gasteiger partial charge in [0, 0.05) is 29.4 Å². The lowest BCUT2D eigenvalue weighted by atomic mass is 10.1. The summed E-state index contributed by atoms with van der Waals surface area (Å²) in [4.78, 5) is 24.2. The summed E-state index contributed by atoms with van der Waals surface area (Å²) in [5, 5.41) is 5.18. The molecule has 1 fully saturated rings. The molecule has 9 heteroatoms. The van der Waals surface area contributed by atoms with Crippen molar-refractivity contribution < 1.29 is 22.8 Å². The minimum absolute atomic E-state index is 0. The molecule has 0 radical (unpaired) electrons. The summed E-state index contributed by atoms with van der Waals surface area (Å²) in [6.07, 6.45) is -2.84. The van der Waals surface area contributed by atoms with E-state index < -0.39 is 17.6 Å². The molecule has 1 aliphatic rings. The lowest BCUT2D eigenvalue weighted by Gasteiger charge is -2.13. The van der Waals surface area contributed by atoms with Crippen LogP contribution in [0.15, 0.2) is 42.5 Å². The van der Waals surface area contributed by atoms with Crippen molar-refractivity contribution >= 4 is 35.6 Å². The Morgan fingerprint density at radius 1 is 1.04 bits per heavy atom. The van der Waals surface area contributed by atoms with Crippen molar-refractivity contribution in [1.82, 2.24) is 0 Å². The fourth-order valence-corrected chi connectivity index (χ4v) is 2.58. The standard InChI is InChI=1S/C19H18F3N3O2.ClH/c20-19(21,22)14-6-11(10-23)7-16(9-14)25-18(27)13-2-1-3-15(8-13)24-17(26)12-4-5-12;/h1-3,6-9,12H,4-5,10,23H2,(H,24,26)(H,25,27);1H. The Kier molecular flexibility index (Phi) is 6.69. The van der Waals surface area contributed by atoms with Crippen LogP contribution in [0.1, 0.15) is 34.3 Å². The predicted molar refractivity (Wildman–Crippen MR) is 102 cm³/mol. The smallest absolute Gasteiger partial charge is 0.326 e. The fourth-order valence-electron chi connectivity index (χ4n) is 2.58. The minimum atomic E-state index is -4.54. The molecule has 0 unspecified atom stereocenters. The van der Waals surface area contributed by atoms with Gasteiger partial charge in [-0.05, 0) is 54.8 Å². The summed E-state index contributed by atoms with van der Waals surface area (Å²) >= 11 is 0. The molecule has 28 heavy (non-hydrogen) atoms. The van der Waals surface area contributed by atoms with E-state index in [0.717, 1.165) is 25.0 Å². The number of hydrogen-bond donors (Lipinski definition) is 3. The first-order valence-electron chi connectivity index (χ1n) is 8.40. The third kappa shape index (κ3) is 5.46. The van der Waals surface area contributed by atoms with Gasteiger partial charge in [-0.2, -0.15) is 13.2 Å². The molecule has 2 amide bonds. The molecule has 4 N–H and O–H groups in total. The molecule has 0 saturated heterocycles. The molecule has 3 rings (SSSR count). The highest BCUT2D eigenvalue weighted by atomic mass is 35.5. The Bertz CT molecular complexity index is 883. The number of carbonyl (C=O) groups excluding carboxylic acids is 2. The molecule has 2 aromatic rings. The lowest BCUT2D eigenvalue weighted by molar-refractivity contribution is -0.137. The van der Waals surface area contributed by atoms with E-state index in [-0.39, 0.29) is 47.6 Å². The van der Waals surface area contributed by atoms with Gasteiger partial charge in [0.25, 0.3) is 5.91 Å². The molecule has 150 valence electrons. The van der Waals surface area contributed by atoms with Crippen LogP contribution in [0.3, 0.4) is 0 Å². The monoisotopic (exact) mass is 413 g/mol. The number of benzene rings is 2. The van der Waals surface area contributed by atoms with Gasteiger partial charge >= 0.3 is 6.18 Å². The van der Waals surface area contributed by atoms with Crippen LogP contribution in [0.2, 0.25) is 0 Å². The van der Waals surface area contributed by atoms with E-state index >= 15 is 0 Å². The highest BCUT2D eigenvalue weighted by molar-refractivity contribution is 6.05. The van der Waals surface area contributed by atoms with E-state index in [2.05, 4.69) is 10.6 Å². The number of amides is 2. The number of halogens is 4. The van der Waals surface area contributed by atoms with Crippen molar-refractivity contribution in [1.29, 1.82) is 0 Å². The summed E-state index contributed by atoms with van der Waals surface area (Å²) < 4.78 is 39.0. The highest BCUT2D eigenvalue weighted by Crippen LogP contribution is 2.32. The maximum Gasteiger partial charge on any atom is 0.416 e. The molecular formula is C19H19ClF3N3O2. The molecule has 0 aliphatic heterocycles. The van der Waals surface area contributed by atoms with E-state index in [9.17, 15) is 22.8 Å². The Hall–Kier alpha value is -2.58. The maximum atomic E-state index is 13.0. The molecule has 2 aromatic carbocycles. The van der Waals surface area contributed by atoms with E-state index in [1.54, 1.807) is 12.1 Å². The number of anilines is 2. The summed E-state index contributed by atoms with van der Waals surface area (Å²) in [7, 11) is 0. The first-order chi connectivity index (χ1) is 12.8. The van der Waals surface area contributed by atoms with Gasteiger partial charge in [-0.15, -0.1) is 12.4 Å². The molecule has 0 atom stereocenters. The van der Waals surface area contributed by atoms with Crippen molar-refractivity contribution in [3.05, 3.63) is 59.2 Å². The third-order valence-corrected chi connectivity index (χ3v) is 4.15. The van der Waals surface area contributed by atoms with Crippen molar-refractivity contribution in [3.8, 4) is 0 Å². The average Bonchev–Trinajstić information content (AvgIpc) is 3.46. The number of rotatable bonds is 5. The van der Waals surface area contributed by atoms with Crippen LogP contribution in [0.5, 0.6) is 0 Å². The second-order valence-electron chi connectivity index (χ2n) is 6.42. The first kappa shape index (κ1) is 21.7. The zero-order valence-electron chi connectivity index (χ0n) is 14.7. The van der Waals surface area contributed by atoms with Gasteiger partial charge in [0.05, 0.1) is 5.56 Å². The van der Waals surface area contributed by atoms with E-state index in [1.165, 1.54) is 18.2 Å². The second kappa shape index (κ2) is 8.62. The Morgan fingerprint density at radius 2 is 1.75 bits per heavy atom. The molecule has 0 aromatic heterocycles. The second-order valence-corrected chi connectivity index (χ2v) is 6.42. The SMILES string of the molecule is Cl.NCc1cc(NC(=O)c2cccc(NC(=O)C3CC3)c2)cc(C(F)(F)F)c1. The molecule has 1 saturated carbocycles. The van der Waals surface area contributed by atoms with E-state index in [4.69, 9.17) is 5.73 Å². The molecular weight excluding hydrogens is 395 g/mol. The number of alkyl halides is 3. The number of hydrogen-bond acceptors (Lipinski definition) is 3. The Morgan fingerprint density at radius 3 is 2.36 bits per heavy atom. The molecule has 1 aliphatic carbocycles. The zero-order valence-corrected chi connectivity index (χ0v) is 15.5. The molecule has 0 bridgehead atoms. The summed E-state index contributed by atoms with van der Waals surface area (Å²) in [6, 6.07) is 9.43.